The van der Waals surface area contributed by atoms with Gasteiger partial charge in [0.1, 0.15) is 17.7 Å². The monoisotopic (exact) mass is 298 g/mol. The van der Waals surface area contributed by atoms with Gasteiger partial charge in [-0.05, 0) is 34.6 Å². The standard InChI is InChI=1S/C14H22N2O5/c1-13(2,3)21-11(19)7-6-10(18)16-8-9(17)15-12(20)14(16,4)5/h6-8H2,1-5H3,(H,15,17,20). The molecule has 1 heterocycles. The number of esters is 1. The number of ether oxygens (including phenoxy) is 1. The maximum Gasteiger partial charge on any atom is 0.306 e. The minimum absolute atomic E-state index is 0.0848. The third kappa shape index (κ3) is 4.54. The first-order valence-corrected chi connectivity index (χ1v) is 6.80. The fourth-order valence-corrected chi connectivity index (χ4v) is 1.92. The second kappa shape index (κ2) is 5.83. The van der Waals surface area contributed by atoms with Crippen LogP contribution in [0.15, 0.2) is 0 Å². The molecule has 21 heavy (non-hydrogen) atoms. The highest BCUT2D eigenvalue weighted by molar-refractivity contribution is 6.06. The molecule has 0 aromatic rings. The summed E-state index contributed by atoms with van der Waals surface area (Å²) in [7, 11) is 0. The molecule has 1 saturated heterocycles. The Bertz CT molecular complexity index is 476. The third-order valence-corrected chi connectivity index (χ3v) is 3.05. The molecule has 1 N–H and O–H groups in total. The molecule has 0 spiro atoms. The number of carbonyl (C=O) groups is 4. The van der Waals surface area contributed by atoms with Gasteiger partial charge < -0.3 is 9.64 Å². The molecule has 118 valence electrons. The van der Waals surface area contributed by atoms with Crippen molar-refractivity contribution in [3.63, 3.8) is 0 Å². The lowest BCUT2D eigenvalue weighted by molar-refractivity contribution is -0.159. The number of amides is 3. The van der Waals surface area contributed by atoms with Gasteiger partial charge in [0, 0.05) is 6.42 Å². The third-order valence-electron chi connectivity index (χ3n) is 3.05. The first-order chi connectivity index (χ1) is 9.43. The van der Waals surface area contributed by atoms with Crippen molar-refractivity contribution >= 4 is 23.7 Å². The number of nitrogens with zero attached hydrogens (tertiary/aromatic N) is 1. The van der Waals surface area contributed by atoms with Gasteiger partial charge in [0.2, 0.25) is 11.8 Å². The van der Waals surface area contributed by atoms with E-state index in [0.717, 1.165) is 0 Å². The molecule has 1 rings (SSSR count). The Morgan fingerprint density at radius 2 is 1.81 bits per heavy atom. The van der Waals surface area contributed by atoms with Gasteiger partial charge in [-0.15, -0.1) is 0 Å². The van der Waals surface area contributed by atoms with Gasteiger partial charge in [-0.1, -0.05) is 0 Å². The van der Waals surface area contributed by atoms with Crippen LogP contribution in [0.4, 0.5) is 0 Å². The van der Waals surface area contributed by atoms with Crippen LogP contribution in [-0.2, 0) is 23.9 Å². The summed E-state index contributed by atoms with van der Waals surface area (Å²) >= 11 is 0. The molecule has 0 unspecified atom stereocenters. The Labute approximate surface area is 124 Å². The summed E-state index contributed by atoms with van der Waals surface area (Å²) in [4.78, 5) is 48.1. The summed E-state index contributed by atoms with van der Waals surface area (Å²) in [5, 5.41) is 2.19. The average molecular weight is 298 g/mol. The largest absolute Gasteiger partial charge is 0.460 e. The van der Waals surface area contributed by atoms with Gasteiger partial charge in [0.15, 0.2) is 0 Å². The Hall–Kier alpha value is -1.92. The molecule has 0 radical (unpaired) electrons. The molecular formula is C14H22N2O5. The van der Waals surface area contributed by atoms with Crippen molar-refractivity contribution in [3.05, 3.63) is 0 Å². The smallest absolute Gasteiger partial charge is 0.306 e. The van der Waals surface area contributed by atoms with Gasteiger partial charge >= 0.3 is 5.97 Å². The van der Waals surface area contributed by atoms with Crippen LogP contribution in [0.2, 0.25) is 0 Å². The van der Waals surface area contributed by atoms with Crippen molar-refractivity contribution in [1.82, 2.24) is 10.2 Å². The predicted octanol–water partition coefficient (Wildman–Crippen LogP) is 0.372. The molecule has 7 nitrogen and oxygen atoms in total. The maximum atomic E-state index is 12.2. The summed E-state index contributed by atoms with van der Waals surface area (Å²) in [6.07, 6.45) is -0.183. The quantitative estimate of drug-likeness (QED) is 0.600. The van der Waals surface area contributed by atoms with Crippen LogP contribution < -0.4 is 5.32 Å². The maximum absolute atomic E-state index is 12.2. The van der Waals surface area contributed by atoms with Crippen LogP contribution in [0.3, 0.4) is 0 Å². The molecule has 1 aliphatic heterocycles. The van der Waals surface area contributed by atoms with E-state index >= 15 is 0 Å². The molecule has 0 bridgehead atoms. The number of rotatable bonds is 3. The van der Waals surface area contributed by atoms with Crippen molar-refractivity contribution in [2.24, 2.45) is 0 Å². The van der Waals surface area contributed by atoms with Gasteiger partial charge in [0.05, 0.1) is 6.42 Å². The summed E-state index contributed by atoms with van der Waals surface area (Å²) in [6.45, 7) is 8.14. The van der Waals surface area contributed by atoms with Crippen molar-refractivity contribution in [2.75, 3.05) is 6.54 Å². The number of carbonyl (C=O) groups excluding carboxylic acids is 4. The lowest BCUT2D eigenvalue weighted by Gasteiger charge is -2.40. The normalized spacial score (nSPS) is 18.2. The van der Waals surface area contributed by atoms with Crippen molar-refractivity contribution in [2.45, 2.75) is 58.6 Å². The fourth-order valence-electron chi connectivity index (χ4n) is 1.92. The minimum atomic E-state index is -1.11. The van der Waals surface area contributed by atoms with E-state index in [9.17, 15) is 19.2 Å². The minimum Gasteiger partial charge on any atom is -0.460 e. The molecule has 1 fully saturated rings. The highest BCUT2D eigenvalue weighted by Crippen LogP contribution is 2.20. The van der Waals surface area contributed by atoms with Crippen LogP contribution in [0.5, 0.6) is 0 Å². The second-order valence-electron chi connectivity index (χ2n) is 6.50. The molecule has 1 aliphatic rings. The number of nitrogens with one attached hydrogen (secondary N) is 1. The van der Waals surface area contributed by atoms with Crippen LogP contribution in [0.25, 0.3) is 0 Å². The van der Waals surface area contributed by atoms with Crippen LogP contribution >= 0.6 is 0 Å². The van der Waals surface area contributed by atoms with E-state index in [1.54, 1.807) is 34.6 Å². The zero-order chi connectivity index (χ0) is 16.4. The van der Waals surface area contributed by atoms with E-state index < -0.39 is 34.8 Å². The van der Waals surface area contributed by atoms with E-state index in [1.807, 2.05) is 0 Å². The molecule has 0 aliphatic carbocycles. The SMILES string of the molecule is CC(C)(C)OC(=O)CCC(=O)N1CC(=O)NC(=O)C1(C)C. The van der Waals surface area contributed by atoms with Crippen molar-refractivity contribution < 1.29 is 23.9 Å². The average Bonchev–Trinajstić information content (AvgIpc) is 2.29. The molecule has 3 amide bonds. The number of hydrogen-bond acceptors (Lipinski definition) is 5. The van der Waals surface area contributed by atoms with Crippen LogP contribution in [0, 0.1) is 0 Å². The van der Waals surface area contributed by atoms with E-state index in [1.165, 1.54) is 4.90 Å². The Morgan fingerprint density at radius 1 is 1.24 bits per heavy atom. The van der Waals surface area contributed by atoms with E-state index in [0.29, 0.717) is 0 Å². The highest BCUT2D eigenvalue weighted by atomic mass is 16.6. The zero-order valence-electron chi connectivity index (χ0n) is 13.1. The second-order valence-corrected chi connectivity index (χ2v) is 6.50. The number of hydrogen-bond donors (Lipinski definition) is 1. The molecule has 0 aromatic carbocycles. The van der Waals surface area contributed by atoms with Crippen LogP contribution in [0.1, 0.15) is 47.5 Å². The first-order valence-electron chi connectivity index (χ1n) is 6.80. The molecule has 0 saturated carbocycles. The summed E-state index contributed by atoms with van der Waals surface area (Å²) < 4.78 is 5.11. The van der Waals surface area contributed by atoms with E-state index in [2.05, 4.69) is 5.32 Å². The zero-order valence-corrected chi connectivity index (χ0v) is 13.1. The summed E-state index contributed by atoms with van der Waals surface area (Å²) in [6, 6.07) is 0. The van der Waals surface area contributed by atoms with E-state index in [4.69, 9.17) is 4.74 Å². The Balaban J connectivity index is 2.64. The molecular weight excluding hydrogens is 276 g/mol. The number of imide groups is 1. The first kappa shape index (κ1) is 17.1. The molecule has 7 heteroatoms. The highest BCUT2D eigenvalue weighted by Gasteiger charge is 2.43. The Morgan fingerprint density at radius 3 is 2.33 bits per heavy atom. The van der Waals surface area contributed by atoms with Gasteiger partial charge in [-0.3, -0.25) is 24.5 Å². The fraction of sp³-hybridized carbons (Fsp3) is 0.714. The topological polar surface area (TPSA) is 92.8 Å². The summed E-state index contributed by atoms with van der Waals surface area (Å²) in [5.74, 6) is -1.95. The lowest BCUT2D eigenvalue weighted by atomic mass is 9.98. The summed E-state index contributed by atoms with van der Waals surface area (Å²) in [5.41, 5.74) is -1.72. The molecule has 0 aromatic heterocycles. The lowest BCUT2D eigenvalue weighted by Crippen LogP contribution is -2.65. The van der Waals surface area contributed by atoms with Gasteiger partial charge in [-0.25, -0.2) is 0 Å². The van der Waals surface area contributed by atoms with Crippen molar-refractivity contribution in [3.8, 4) is 0 Å². The van der Waals surface area contributed by atoms with Gasteiger partial charge in [-0.2, -0.15) is 0 Å². The predicted molar refractivity (Wildman–Crippen MR) is 74.0 cm³/mol. The van der Waals surface area contributed by atoms with Gasteiger partial charge in [0.25, 0.3) is 5.91 Å². The van der Waals surface area contributed by atoms with Crippen LogP contribution in [-0.4, -0.2) is 46.3 Å². The van der Waals surface area contributed by atoms with Crippen molar-refractivity contribution in [1.29, 1.82) is 0 Å². The molecule has 0 atom stereocenters. The Kier molecular flexibility index (Phi) is 4.76. The number of piperazine rings is 1. The van der Waals surface area contributed by atoms with E-state index in [-0.39, 0.29) is 19.4 Å².